The van der Waals surface area contributed by atoms with Gasteiger partial charge in [0.1, 0.15) is 0 Å². The number of nitrogens with one attached hydrogen (secondary N) is 1. The summed E-state index contributed by atoms with van der Waals surface area (Å²) in [4.78, 5) is 16.3. The molecule has 0 spiro atoms. The van der Waals surface area contributed by atoms with Crippen LogP contribution in [0.4, 0.5) is 11.5 Å². The van der Waals surface area contributed by atoms with Crippen LogP contribution in [0.1, 0.15) is 11.1 Å². The van der Waals surface area contributed by atoms with Gasteiger partial charge in [-0.15, -0.1) is 0 Å². The first-order valence-corrected chi connectivity index (χ1v) is 6.32. The molecule has 1 amide bonds. The minimum atomic E-state index is -0.0289. The summed E-state index contributed by atoms with van der Waals surface area (Å²) in [6, 6.07) is 11.7. The third-order valence-corrected chi connectivity index (χ3v) is 3.50. The quantitative estimate of drug-likeness (QED) is 0.860. The molecule has 0 saturated carbocycles. The lowest BCUT2D eigenvalue weighted by Gasteiger charge is -2.11. The van der Waals surface area contributed by atoms with E-state index in [1.165, 1.54) is 11.1 Å². The number of nitrogen functional groups attached to an aromatic ring is 1. The standard InChI is InChI=1S/C15H15N3O/c16-13-6-3-7-17-14(13)18-15(19)12-8-10-4-1-2-5-11(10)9-12/h1-7,12H,8-9,16H2,(H,17,18,19). The van der Waals surface area contributed by atoms with E-state index in [1.807, 2.05) is 12.1 Å². The molecule has 96 valence electrons. The molecule has 1 aliphatic carbocycles. The van der Waals surface area contributed by atoms with Crippen LogP contribution in [0, 0.1) is 5.92 Å². The van der Waals surface area contributed by atoms with Crippen molar-refractivity contribution < 1.29 is 4.79 Å². The SMILES string of the molecule is Nc1cccnc1NC(=O)C1Cc2ccccc2C1. The van der Waals surface area contributed by atoms with Gasteiger partial charge in [0.2, 0.25) is 5.91 Å². The van der Waals surface area contributed by atoms with Crippen molar-refractivity contribution in [2.24, 2.45) is 5.92 Å². The van der Waals surface area contributed by atoms with Crippen LogP contribution >= 0.6 is 0 Å². The van der Waals surface area contributed by atoms with Crippen LogP contribution in [-0.2, 0) is 17.6 Å². The van der Waals surface area contributed by atoms with Gasteiger partial charge in [-0.05, 0) is 36.1 Å². The van der Waals surface area contributed by atoms with Crippen molar-refractivity contribution in [2.45, 2.75) is 12.8 Å². The van der Waals surface area contributed by atoms with E-state index in [-0.39, 0.29) is 11.8 Å². The highest BCUT2D eigenvalue weighted by Gasteiger charge is 2.27. The summed E-state index contributed by atoms with van der Waals surface area (Å²) in [7, 11) is 0. The maximum atomic E-state index is 12.2. The predicted octanol–water partition coefficient (Wildman–Crippen LogP) is 2.02. The molecular formula is C15H15N3O. The molecule has 2 aromatic rings. The molecule has 1 aliphatic rings. The molecule has 3 rings (SSSR count). The number of anilines is 2. The minimum Gasteiger partial charge on any atom is -0.396 e. The lowest BCUT2D eigenvalue weighted by molar-refractivity contribution is -0.119. The zero-order valence-corrected chi connectivity index (χ0v) is 10.5. The number of nitrogens with two attached hydrogens (primary N) is 1. The number of hydrogen-bond donors (Lipinski definition) is 2. The predicted molar refractivity (Wildman–Crippen MR) is 74.6 cm³/mol. The Balaban J connectivity index is 1.72. The van der Waals surface area contributed by atoms with Crippen LogP contribution in [0.5, 0.6) is 0 Å². The highest BCUT2D eigenvalue weighted by Crippen LogP contribution is 2.27. The van der Waals surface area contributed by atoms with Gasteiger partial charge in [-0.3, -0.25) is 4.79 Å². The van der Waals surface area contributed by atoms with Gasteiger partial charge >= 0.3 is 0 Å². The van der Waals surface area contributed by atoms with E-state index in [2.05, 4.69) is 22.4 Å². The van der Waals surface area contributed by atoms with Gasteiger partial charge in [0.25, 0.3) is 0 Å². The van der Waals surface area contributed by atoms with Gasteiger partial charge in [-0.25, -0.2) is 4.98 Å². The fraction of sp³-hybridized carbons (Fsp3) is 0.200. The molecule has 1 heterocycles. The number of hydrogen-bond acceptors (Lipinski definition) is 3. The maximum absolute atomic E-state index is 12.2. The molecule has 19 heavy (non-hydrogen) atoms. The van der Waals surface area contributed by atoms with Crippen LogP contribution in [0.3, 0.4) is 0 Å². The first kappa shape index (κ1) is 11.7. The molecular weight excluding hydrogens is 238 g/mol. The molecule has 0 bridgehead atoms. The Hall–Kier alpha value is -2.36. The van der Waals surface area contributed by atoms with Gasteiger partial charge in [0.05, 0.1) is 5.69 Å². The summed E-state index contributed by atoms with van der Waals surface area (Å²) in [5.41, 5.74) is 8.79. The van der Waals surface area contributed by atoms with E-state index in [0.29, 0.717) is 11.5 Å². The molecule has 0 fully saturated rings. The Morgan fingerprint density at radius 2 is 1.84 bits per heavy atom. The van der Waals surface area contributed by atoms with Crippen LogP contribution in [0.25, 0.3) is 0 Å². The fourth-order valence-corrected chi connectivity index (χ4v) is 2.49. The summed E-state index contributed by atoms with van der Waals surface area (Å²) in [6.07, 6.45) is 3.19. The topological polar surface area (TPSA) is 68.0 Å². The van der Waals surface area contributed by atoms with Gasteiger partial charge in [-0.2, -0.15) is 0 Å². The maximum Gasteiger partial charge on any atom is 0.229 e. The van der Waals surface area contributed by atoms with Crippen molar-refractivity contribution in [1.82, 2.24) is 4.98 Å². The van der Waals surface area contributed by atoms with E-state index in [4.69, 9.17) is 5.73 Å². The van der Waals surface area contributed by atoms with Crippen LogP contribution in [-0.4, -0.2) is 10.9 Å². The van der Waals surface area contributed by atoms with E-state index in [0.717, 1.165) is 12.8 Å². The molecule has 1 aromatic carbocycles. The smallest absolute Gasteiger partial charge is 0.229 e. The van der Waals surface area contributed by atoms with Crippen molar-refractivity contribution >= 4 is 17.4 Å². The molecule has 0 aliphatic heterocycles. The Morgan fingerprint density at radius 1 is 1.16 bits per heavy atom. The highest BCUT2D eigenvalue weighted by molar-refractivity contribution is 5.94. The number of rotatable bonds is 2. The number of amides is 1. The molecule has 4 heteroatoms. The molecule has 4 nitrogen and oxygen atoms in total. The normalized spacial score (nSPS) is 14.1. The summed E-state index contributed by atoms with van der Waals surface area (Å²) < 4.78 is 0. The van der Waals surface area contributed by atoms with Gasteiger partial charge in [0, 0.05) is 12.1 Å². The highest BCUT2D eigenvalue weighted by atomic mass is 16.1. The summed E-state index contributed by atoms with van der Waals surface area (Å²) in [6.45, 7) is 0. The molecule has 0 radical (unpaired) electrons. The summed E-state index contributed by atoms with van der Waals surface area (Å²) in [5, 5.41) is 2.81. The largest absolute Gasteiger partial charge is 0.396 e. The number of carbonyl (C=O) groups excluding carboxylic acids is 1. The molecule has 0 unspecified atom stereocenters. The monoisotopic (exact) mass is 253 g/mol. The fourth-order valence-electron chi connectivity index (χ4n) is 2.49. The van der Waals surface area contributed by atoms with Crippen molar-refractivity contribution in [1.29, 1.82) is 0 Å². The van der Waals surface area contributed by atoms with E-state index in [1.54, 1.807) is 18.3 Å². The van der Waals surface area contributed by atoms with Crippen molar-refractivity contribution in [3.63, 3.8) is 0 Å². The average molecular weight is 253 g/mol. The number of aromatic nitrogens is 1. The van der Waals surface area contributed by atoms with E-state index < -0.39 is 0 Å². The minimum absolute atomic E-state index is 0.0124. The Kier molecular flexibility index (Phi) is 2.91. The van der Waals surface area contributed by atoms with Crippen molar-refractivity contribution in [2.75, 3.05) is 11.1 Å². The van der Waals surface area contributed by atoms with Crippen molar-refractivity contribution in [3.8, 4) is 0 Å². The van der Waals surface area contributed by atoms with Gasteiger partial charge < -0.3 is 11.1 Å². The zero-order valence-electron chi connectivity index (χ0n) is 10.5. The molecule has 0 saturated heterocycles. The van der Waals surface area contributed by atoms with E-state index >= 15 is 0 Å². The van der Waals surface area contributed by atoms with Gasteiger partial charge in [-0.1, -0.05) is 24.3 Å². The first-order chi connectivity index (χ1) is 9.24. The Bertz CT molecular complexity index is 599. The lowest BCUT2D eigenvalue weighted by Crippen LogP contribution is -2.24. The number of pyridine rings is 1. The summed E-state index contributed by atoms with van der Waals surface area (Å²) >= 11 is 0. The zero-order chi connectivity index (χ0) is 13.2. The summed E-state index contributed by atoms with van der Waals surface area (Å²) in [5.74, 6) is 0.406. The number of fused-ring (bicyclic) bond motifs is 1. The van der Waals surface area contributed by atoms with Crippen molar-refractivity contribution in [3.05, 3.63) is 53.7 Å². The number of benzene rings is 1. The number of carbonyl (C=O) groups is 1. The first-order valence-electron chi connectivity index (χ1n) is 6.32. The average Bonchev–Trinajstić information content (AvgIpc) is 2.85. The van der Waals surface area contributed by atoms with Gasteiger partial charge in [0.15, 0.2) is 5.82 Å². The van der Waals surface area contributed by atoms with Crippen LogP contribution < -0.4 is 11.1 Å². The van der Waals surface area contributed by atoms with E-state index in [9.17, 15) is 4.79 Å². The third-order valence-electron chi connectivity index (χ3n) is 3.50. The Labute approximate surface area is 111 Å². The second-order valence-electron chi connectivity index (χ2n) is 4.80. The molecule has 0 atom stereocenters. The van der Waals surface area contributed by atoms with Crippen LogP contribution in [0.15, 0.2) is 42.6 Å². The second kappa shape index (κ2) is 4.72. The molecule has 3 N–H and O–H groups in total. The second-order valence-corrected chi connectivity index (χ2v) is 4.80. The Morgan fingerprint density at radius 3 is 2.47 bits per heavy atom. The number of nitrogens with zero attached hydrogens (tertiary/aromatic N) is 1. The third kappa shape index (κ3) is 2.29. The van der Waals surface area contributed by atoms with Crippen LogP contribution in [0.2, 0.25) is 0 Å². The lowest BCUT2D eigenvalue weighted by atomic mass is 10.1. The molecule has 1 aromatic heterocycles.